The molecule has 0 amide bonds. The average molecular weight is 215 g/mol. The van der Waals surface area contributed by atoms with Gasteiger partial charge in [-0.1, -0.05) is 27.7 Å². The number of carbonyl (C=O) groups is 1. The number of ether oxygens (including phenoxy) is 1. The quantitative estimate of drug-likeness (QED) is 0.635. The smallest absolute Gasteiger partial charge is 0.310 e. The van der Waals surface area contributed by atoms with Crippen LogP contribution in [0.25, 0.3) is 0 Å². The normalized spacial score (nSPS) is 13.7. The molecule has 0 aliphatic heterocycles. The van der Waals surface area contributed by atoms with Crippen molar-refractivity contribution in [2.45, 2.75) is 27.7 Å². The Morgan fingerprint density at radius 2 is 1.73 bits per heavy atom. The molecule has 1 atom stereocenters. The Balaban J connectivity index is 4.22. The fraction of sp³-hybridized carbons (Fsp3) is 0.917. The summed E-state index contributed by atoms with van der Waals surface area (Å²) in [5.41, 5.74) is 0. The van der Waals surface area contributed by atoms with Gasteiger partial charge in [-0.25, -0.2) is 0 Å². The highest BCUT2D eigenvalue weighted by molar-refractivity contribution is 5.72. The Morgan fingerprint density at radius 3 is 2.07 bits per heavy atom. The van der Waals surface area contributed by atoms with E-state index >= 15 is 0 Å². The molecule has 0 N–H and O–H groups in total. The van der Waals surface area contributed by atoms with Gasteiger partial charge in [0, 0.05) is 13.1 Å². The van der Waals surface area contributed by atoms with E-state index in [9.17, 15) is 4.79 Å². The van der Waals surface area contributed by atoms with Gasteiger partial charge in [-0.2, -0.15) is 0 Å². The van der Waals surface area contributed by atoms with Crippen molar-refractivity contribution >= 4 is 5.97 Å². The van der Waals surface area contributed by atoms with E-state index in [2.05, 4.69) is 39.6 Å². The van der Waals surface area contributed by atoms with E-state index in [4.69, 9.17) is 4.74 Å². The van der Waals surface area contributed by atoms with E-state index in [-0.39, 0.29) is 11.9 Å². The van der Waals surface area contributed by atoms with Crippen molar-refractivity contribution in [1.29, 1.82) is 0 Å². The summed E-state index contributed by atoms with van der Waals surface area (Å²) >= 11 is 0. The highest BCUT2D eigenvalue weighted by Crippen LogP contribution is 2.14. The molecule has 0 heterocycles. The fourth-order valence-corrected chi connectivity index (χ4v) is 1.74. The van der Waals surface area contributed by atoms with Gasteiger partial charge in [0.1, 0.15) is 0 Å². The topological polar surface area (TPSA) is 29.5 Å². The largest absolute Gasteiger partial charge is 0.469 e. The lowest BCUT2D eigenvalue weighted by molar-refractivity contribution is -0.147. The Kier molecular flexibility index (Phi) is 6.57. The van der Waals surface area contributed by atoms with Crippen molar-refractivity contribution in [2.24, 2.45) is 17.8 Å². The van der Waals surface area contributed by atoms with Crippen molar-refractivity contribution < 1.29 is 9.53 Å². The molecule has 1 unspecified atom stereocenters. The summed E-state index contributed by atoms with van der Waals surface area (Å²) in [5.74, 6) is 0.840. The van der Waals surface area contributed by atoms with Crippen LogP contribution in [0.3, 0.4) is 0 Å². The van der Waals surface area contributed by atoms with Crippen LogP contribution in [0.4, 0.5) is 0 Å². The maximum atomic E-state index is 11.5. The number of esters is 1. The SMILES string of the molecule is COC(=O)C(CN(C)CC(C)C)C(C)C. The van der Waals surface area contributed by atoms with E-state index in [0.29, 0.717) is 11.8 Å². The van der Waals surface area contributed by atoms with Crippen LogP contribution in [0, 0.1) is 17.8 Å². The van der Waals surface area contributed by atoms with Gasteiger partial charge in [-0.15, -0.1) is 0 Å². The zero-order chi connectivity index (χ0) is 12.0. The first-order valence-corrected chi connectivity index (χ1v) is 5.64. The summed E-state index contributed by atoms with van der Waals surface area (Å²) in [4.78, 5) is 13.7. The molecule has 0 fully saturated rings. The van der Waals surface area contributed by atoms with Crippen LogP contribution in [-0.2, 0) is 9.53 Å². The molecule has 0 aromatic carbocycles. The van der Waals surface area contributed by atoms with Gasteiger partial charge in [-0.3, -0.25) is 4.79 Å². The second kappa shape index (κ2) is 6.83. The van der Waals surface area contributed by atoms with E-state index in [0.717, 1.165) is 13.1 Å². The first-order chi connectivity index (χ1) is 6.88. The maximum absolute atomic E-state index is 11.5. The highest BCUT2D eigenvalue weighted by Gasteiger charge is 2.24. The molecule has 0 aliphatic rings. The molecule has 3 heteroatoms. The Labute approximate surface area is 93.8 Å². The van der Waals surface area contributed by atoms with Gasteiger partial charge >= 0.3 is 5.97 Å². The molecule has 90 valence electrons. The van der Waals surface area contributed by atoms with Crippen LogP contribution in [0.2, 0.25) is 0 Å². The molecule has 0 rings (SSSR count). The molecule has 0 aromatic heterocycles. The van der Waals surface area contributed by atoms with Crippen LogP contribution in [0.5, 0.6) is 0 Å². The molecule has 0 saturated carbocycles. The van der Waals surface area contributed by atoms with Crippen molar-refractivity contribution in [2.75, 3.05) is 27.2 Å². The summed E-state index contributed by atoms with van der Waals surface area (Å²) in [7, 11) is 3.51. The molecule has 3 nitrogen and oxygen atoms in total. The number of hydrogen-bond donors (Lipinski definition) is 0. The number of rotatable bonds is 6. The molecular formula is C12H25NO2. The third-order valence-electron chi connectivity index (χ3n) is 2.49. The molecule has 0 radical (unpaired) electrons. The number of nitrogens with zero attached hydrogens (tertiary/aromatic N) is 1. The van der Waals surface area contributed by atoms with Gasteiger partial charge in [-0.05, 0) is 18.9 Å². The van der Waals surface area contributed by atoms with Crippen LogP contribution in [0.15, 0.2) is 0 Å². The number of carbonyl (C=O) groups excluding carboxylic acids is 1. The zero-order valence-electron chi connectivity index (χ0n) is 10.9. The predicted octanol–water partition coefficient (Wildman–Crippen LogP) is 2.02. The molecular weight excluding hydrogens is 190 g/mol. The number of methoxy groups -OCH3 is 1. The Morgan fingerprint density at radius 1 is 1.20 bits per heavy atom. The van der Waals surface area contributed by atoms with Gasteiger partial charge in [0.2, 0.25) is 0 Å². The van der Waals surface area contributed by atoms with E-state index in [1.54, 1.807) is 0 Å². The summed E-state index contributed by atoms with van der Waals surface area (Å²) in [6, 6.07) is 0. The third kappa shape index (κ3) is 5.78. The summed E-state index contributed by atoms with van der Waals surface area (Å²) in [6.45, 7) is 10.3. The van der Waals surface area contributed by atoms with E-state index < -0.39 is 0 Å². The first kappa shape index (κ1) is 14.4. The van der Waals surface area contributed by atoms with E-state index in [1.165, 1.54) is 7.11 Å². The molecule has 15 heavy (non-hydrogen) atoms. The average Bonchev–Trinajstić information content (AvgIpc) is 2.11. The Hall–Kier alpha value is -0.570. The second-order valence-electron chi connectivity index (χ2n) is 4.99. The van der Waals surface area contributed by atoms with Gasteiger partial charge in [0.05, 0.1) is 13.0 Å². The lowest BCUT2D eigenvalue weighted by atomic mass is 9.95. The lowest BCUT2D eigenvalue weighted by Gasteiger charge is -2.26. The van der Waals surface area contributed by atoms with Crippen LogP contribution < -0.4 is 0 Å². The summed E-state index contributed by atoms with van der Waals surface area (Å²) < 4.78 is 4.81. The minimum Gasteiger partial charge on any atom is -0.469 e. The van der Waals surface area contributed by atoms with Gasteiger partial charge < -0.3 is 9.64 Å². The van der Waals surface area contributed by atoms with Crippen molar-refractivity contribution in [3.63, 3.8) is 0 Å². The zero-order valence-corrected chi connectivity index (χ0v) is 10.9. The lowest BCUT2D eigenvalue weighted by Crippen LogP contribution is -2.36. The predicted molar refractivity (Wildman–Crippen MR) is 62.7 cm³/mol. The fourth-order valence-electron chi connectivity index (χ4n) is 1.74. The Bertz CT molecular complexity index is 190. The molecule has 0 bridgehead atoms. The van der Waals surface area contributed by atoms with Crippen molar-refractivity contribution in [3.05, 3.63) is 0 Å². The molecule has 0 aliphatic carbocycles. The molecule has 0 spiro atoms. The van der Waals surface area contributed by atoms with Crippen LogP contribution in [0.1, 0.15) is 27.7 Å². The van der Waals surface area contributed by atoms with Gasteiger partial charge in [0.15, 0.2) is 0 Å². The van der Waals surface area contributed by atoms with Crippen molar-refractivity contribution in [3.8, 4) is 0 Å². The molecule has 0 aromatic rings. The van der Waals surface area contributed by atoms with Crippen LogP contribution >= 0.6 is 0 Å². The third-order valence-corrected chi connectivity index (χ3v) is 2.49. The molecule has 0 saturated heterocycles. The van der Waals surface area contributed by atoms with Gasteiger partial charge in [0.25, 0.3) is 0 Å². The van der Waals surface area contributed by atoms with Crippen molar-refractivity contribution in [1.82, 2.24) is 4.90 Å². The monoisotopic (exact) mass is 215 g/mol. The van der Waals surface area contributed by atoms with Crippen LogP contribution in [-0.4, -0.2) is 38.1 Å². The minimum atomic E-state index is -0.0967. The minimum absolute atomic E-state index is 0.0150. The number of hydrogen-bond acceptors (Lipinski definition) is 3. The van der Waals surface area contributed by atoms with E-state index in [1.807, 2.05) is 0 Å². The highest BCUT2D eigenvalue weighted by atomic mass is 16.5. The first-order valence-electron chi connectivity index (χ1n) is 5.64. The summed E-state index contributed by atoms with van der Waals surface area (Å²) in [6.07, 6.45) is 0. The summed E-state index contributed by atoms with van der Waals surface area (Å²) in [5, 5.41) is 0. The second-order valence-corrected chi connectivity index (χ2v) is 4.99. The maximum Gasteiger partial charge on any atom is 0.310 e. The standard InChI is InChI=1S/C12H25NO2/c1-9(2)7-13(5)8-11(10(3)4)12(14)15-6/h9-11H,7-8H2,1-6H3.